The summed E-state index contributed by atoms with van der Waals surface area (Å²) in [5, 5.41) is 16.9. The summed E-state index contributed by atoms with van der Waals surface area (Å²) in [6.07, 6.45) is 7.11. The van der Waals surface area contributed by atoms with E-state index in [1.54, 1.807) is 42.9 Å². The molecule has 1 aromatic heterocycles. The van der Waals surface area contributed by atoms with Gasteiger partial charge in [0, 0.05) is 58.9 Å². The van der Waals surface area contributed by atoms with Crippen molar-refractivity contribution in [1.82, 2.24) is 20.1 Å². The summed E-state index contributed by atoms with van der Waals surface area (Å²) in [5.74, 6) is -1.20. The number of carbonyl (C=O) groups is 1. The number of benzene rings is 4. The van der Waals surface area contributed by atoms with Gasteiger partial charge in [0.1, 0.15) is 36.4 Å². The van der Waals surface area contributed by atoms with Crippen LogP contribution in [0.3, 0.4) is 0 Å². The highest BCUT2D eigenvalue weighted by molar-refractivity contribution is 6.31. The van der Waals surface area contributed by atoms with E-state index in [2.05, 4.69) is 20.6 Å². The van der Waals surface area contributed by atoms with Gasteiger partial charge in [-0.25, -0.2) is 4.98 Å². The summed E-state index contributed by atoms with van der Waals surface area (Å²) < 4.78 is 32.4. The molecule has 0 spiro atoms. The van der Waals surface area contributed by atoms with E-state index in [4.69, 9.17) is 40.1 Å². The zero-order valence-electron chi connectivity index (χ0n) is 32.1. The molecule has 20 heteroatoms. The number of carbonyl (C=O) groups excluding carboxylic acids is 1. The third-order valence-corrected chi connectivity index (χ3v) is 10.9. The summed E-state index contributed by atoms with van der Waals surface area (Å²) in [7, 11) is 0. The average Bonchev–Trinajstić information content (AvgIpc) is 3.68. The molecular formula is C41H36ClN8O11+. The van der Waals surface area contributed by atoms with Gasteiger partial charge in [-0.3, -0.25) is 14.9 Å². The SMILES string of the molecule is O=Nc1cc([N+](=O)[O-])c(Oc2cccc3c2C2OC2C=CC3=O)cc1ON[N+](=O)N1CCN(c2ccc(OCC3CO[C@](Cn4ccnc4)(c4ccccc4Cl)O3)cc2)CC1. The molecule has 0 amide bonds. The number of anilines is 1. The van der Waals surface area contributed by atoms with Gasteiger partial charge in [0.2, 0.25) is 11.5 Å². The number of ether oxygens (including phenoxy) is 5. The Hall–Kier alpha value is -6.93. The zero-order valence-corrected chi connectivity index (χ0v) is 32.8. The van der Waals surface area contributed by atoms with E-state index in [9.17, 15) is 24.7 Å². The first-order chi connectivity index (χ1) is 29.7. The lowest BCUT2D eigenvalue weighted by molar-refractivity contribution is -0.781. The highest BCUT2D eigenvalue weighted by atomic mass is 35.5. The normalized spacial score (nSPS) is 21.5. The number of imidazole rings is 1. The number of nitroso groups, excluding NO2 is 2. The van der Waals surface area contributed by atoms with Crippen molar-refractivity contribution in [2.24, 2.45) is 5.18 Å². The second-order valence-electron chi connectivity index (χ2n) is 14.4. The minimum atomic E-state index is -1.11. The van der Waals surface area contributed by atoms with Crippen molar-refractivity contribution in [3.63, 3.8) is 0 Å². The highest BCUT2D eigenvalue weighted by Gasteiger charge is 2.46. The van der Waals surface area contributed by atoms with E-state index in [0.717, 1.165) is 23.4 Å². The summed E-state index contributed by atoms with van der Waals surface area (Å²) in [6, 6.07) is 21.7. The molecule has 5 aromatic rings. The van der Waals surface area contributed by atoms with Crippen molar-refractivity contribution in [2.75, 3.05) is 44.3 Å². The van der Waals surface area contributed by atoms with Gasteiger partial charge in [-0.15, -0.1) is 9.92 Å². The van der Waals surface area contributed by atoms with E-state index < -0.39 is 28.2 Å². The number of hydrogen-bond donors (Lipinski definition) is 1. The van der Waals surface area contributed by atoms with Crippen molar-refractivity contribution < 1.29 is 43.2 Å². The Bertz CT molecular complexity index is 2520. The summed E-state index contributed by atoms with van der Waals surface area (Å²) >= 11 is 6.57. The third kappa shape index (κ3) is 8.18. The number of hydrogen-bond acceptors (Lipinski definition) is 14. The fraction of sp³-hybridized carbons (Fsp3) is 0.268. The molecule has 4 aromatic carbocycles. The van der Waals surface area contributed by atoms with Gasteiger partial charge >= 0.3 is 5.69 Å². The number of halogens is 1. The molecule has 1 aliphatic carbocycles. The Kier molecular flexibility index (Phi) is 10.8. The van der Waals surface area contributed by atoms with Crippen molar-refractivity contribution >= 4 is 34.4 Å². The van der Waals surface area contributed by atoms with Gasteiger partial charge in [0.05, 0.1) is 54.1 Å². The van der Waals surface area contributed by atoms with Crippen molar-refractivity contribution in [2.45, 2.75) is 30.6 Å². The van der Waals surface area contributed by atoms with Crippen LogP contribution in [0, 0.1) is 19.9 Å². The molecular weight excluding hydrogens is 816 g/mol. The van der Waals surface area contributed by atoms with E-state index in [0.29, 0.717) is 66.2 Å². The molecule has 3 fully saturated rings. The molecule has 4 atom stereocenters. The standard InChI is InChI=1S/C41H36ClN8O11/c42-31-6-2-1-5-30(31)41(24-46-15-14-43-25-46)57-23-28(60-41)22-56-27-10-8-26(9-11-27)47-16-18-48(19-17-47)50(55)45-61-37-21-38(33(49(53)54)20-32(37)44-52)58-35-7-3-4-29-34(51)12-13-36-40(59-36)39(29)35/h1-15,20-21,25,28,36,40H,16-19,22-24H2,(H,45,55)/q+1/t28?,36?,40?,41-/m0/s1. The molecule has 0 bridgehead atoms. The quantitative estimate of drug-likeness (QED) is 0.0393. The van der Waals surface area contributed by atoms with Crippen LogP contribution in [-0.4, -0.2) is 81.8 Å². The van der Waals surface area contributed by atoms with Gasteiger partial charge in [-0.05, 0) is 53.7 Å². The fourth-order valence-electron chi connectivity index (χ4n) is 7.52. The predicted molar refractivity (Wildman–Crippen MR) is 215 cm³/mol. The number of nitro groups is 1. The van der Waals surface area contributed by atoms with Gasteiger partial charge in [0.15, 0.2) is 17.2 Å². The number of piperazine rings is 1. The number of nitrogens with zero attached hydrogens (tertiary/aromatic N) is 7. The van der Waals surface area contributed by atoms with Crippen LogP contribution in [0.1, 0.15) is 27.6 Å². The summed E-state index contributed by atoms with van der Waals surface area (Å²) in [5.41, 5.74) is 3.61. The van der Waals surface area contributed by atoms with Crippen molar-refractivity contribution in [3.8, 4) is 23.0 Å². The van der Waals surface area contributed by atoms with Crippen LogP contribution in [0.2, 0.25) is 5.02 Å². The van der Waals surface area contributed by atoms with Crippen molar-refractivity contribution in [3.05, 3.63) is 151 Å². The van der Waals surface area contributed by atoms with Crippen LogP contribution < -0.4 is 24.8 Å². The lowest BCUT2D eigenvalue weighted by Gasteiger charge is -2.31. The van der Waals surface area contributed by atoms with E-state index in [-0.39, 0.29) is 41.8 Å². The Balaban J connectivity index is 0.789. The fourth-order valence-corrected chi connectivity index (χ4v) is 7.80. The molecule has 61 heavy (non-hydrogen) atoms. The largest absolute Gasteiger partial charge is 0.491 e. The number of nitrogens with one attached hydrogen (secondary N) is 1. The van der Waals surface area contributed by atoms with E-state index in [1.165, 1.54) is 11.1 Å². The van der Waals surface area contributed by atoms with Crippen LogP contribution in [0.15, 0.2) is 115 Å². The van der Waals surface area contributed by atoms with Gasteiger partial charge < -0.3 is 38.0 Å². The number of aromatic nitrogens is 2. The highest BCUT2D eigenvalue weighted by Crippen LogP contribution is 2.49. The lowest BCUT2D eigenvalue weighted by Crippen LogP contribution is -2.53. The van der Waals surface area contributed by atoms with Crippen LogP contribution in [0.4, 0.5) is 17.1 Å². The number of ketones is 1. The Labute approximate surface area is 351 Å². The average molecular weight is 852 g/mol. The number of fused-ring (bicyclic) bond motifs is 3. The first kappa shape index (κ1) is 39.5. The minimum absolute atomic E-state index is 0.147. The first-order valence-electron chi connectivity index (χ1n) is 19.2. The molecule has 4 aliphatic rings. The molecule has 0 saturated carbocycles. The first-order valence-corrected chi connectivity index (χ1v) is 19.6. The molecule has 3 unspecified atom stereocenters. The monoisotopic (exact) mass is 851 g/mol. The van der Waals surface area contributed by atoms with E-state index in [1.807, 2.05) is 53.2 Å². The van der Waals surface area contributed by atoms with Gasteiger partial charge in [-0.1, -0.05) is 41.9 Å². The summed E-state index contributed by atoms with van der Waals surface area (Å²) in [6.45, 7) is 2.46. The third-order valence-electron chi connectivity index (χ3n) is 10.6. The minimum Gasteiger partial charge on any atom is -0.491 e. The molecule has 3 aliphatic heterocycles. The molecule has 0 radical (unpaired) electrons. The number of epoxide rings is 1. The van der Waals surface area contributed by atoms with Gasteiger partial charge in [-0.2, -0.15) is 0 Å². The maximum atomic E-state index is 13.1. The lowest BCUT2D eigenvalue weighted by atomic mass is 10.0. The summed E-state index contributed by atoms with van der Waals surface area (Å²) in [4.78, 5) is 60.9. The van der Waals surface area contributed by atoms with Crippen LogP contribution in [-0.2, 0) is 26.5 Å². The number of rotatable bonds is 15. The van der Waals surface area contributed by atoms with E-state index >= 15 is 0 Å². The molecule has 1 N–H and O–H groups in total. The van der Waals surface area contributed by atoms with Gasteiger partial charge in [0.25, 0.3) is 4.98 Å². The Morgan fingerprint density at radius 2 is 1.82 bits per heavy atom. The maximum absolute atomic E-state index is 13.1. The van der Waals surface area contributed by atoms with Crippen molar-refractivity contribution in [1.29, 1.82) is 0 Å². The Morgan fingerprint density at radius 3 is 2.57 bits per heavy atom. The maximum Gasteiger partial charge on any atom is 0.314 e. The predicted octanol–water partition coefficient (Wildman–Crippen LogP) is 6.49. The topological polar surface area (TPSA) is 205 Å². The molecule has 3 saturated heterocycles. The molecule has 4 heterocycles. The second-order valence-corrected chi connectivity index (χ2v) is 14.8. The zero-order chi connectivity index (χ0) is 42.1. The number of hydrazine groups is 2. The molecule has 19 nitrogen and oxygen atoms in total. The van der Waals surface area contributed by atoms with Crippen LogP contribution >= 0.6 is 11.6 Å². The Morgan fingerprint density at radius 1 is 1.00 bits per heavy atom. The van der Waals surface area contributed by atoms with Crippen LogP contribution in [0.5, 0.6) is 23.0 Å². The smallest absolute Gasteiger partial charge is 0.314 e. The second kappa shape index (κ2) is 16.6. The molecule has 312 valence electrons. The van der Waals surface area contributed by atoms with Crippen LogP contribution in [0.25, 0.3) is 0 Å². The number of allylic oxidation sites excluding steroid dienone is 1. The number of nitro benzene ring substituents is 1. The molecule has 9 rings (SSSR count).